The average Bonchev–Trinajstić information content (AvgIpc) is 3.24. The maximum absolute atomic E-state index is 12.9. The quantitative estimate of drug-likeness (QED) is 0.734. The number of hydrogen-bond acceptors (Lipinski definition) is 5. The SMILES string of the molecule is C=CC(=O)Nc1ccc(S(=O)(=O)C2CCN(C(=O)OCc3ccccc3)C2)cc1. The Balaban J connectivity index is 1.60. The first-order valence-electron chi connectivity index (χ1n) is 9.13. The van der Waals surface area contributed by atoms with Crippen LogP contribution in [0.15, 0.2) is 72.1 Å². The van der Waals surface area contributed by atoms with Crippen molar-refractivity contribution in [3.05, 3.63) is 72.8 Å². The minimum atomic E-state index is -3.61. The number of rotatable bonds is 6. The number of likely N-dealkylation sites (tertiary alicyclic amines) is 1. The molecule has 1 unspecified atom stereocenters. The molecule has 0 bridgehead atoms. The molecule has 2 aromatic rings. The number of nitrogens with one attached hydrogen (secondary N) is 1. The number of amides is 2. The number of sulfone groups is 1. The topological polar surface area (TPSA) is 92.8 Å². The number of ether oxygens (including phenoxy) is 1. The fourth-order valence-electron chi connectivity index (χ4n) is 3.07. The van der Waals surface area contributed by atoms with E-state index in [1.165, 1.54) is 29.2 Å². The van der Waals surface area contributed by atoms with Gasteiger partial charge in [0.25, 0.3) is 0 Å². The Morgan fingerprint density at radius 3 is 2.48 bits per heavy atom. The smallest absolute Gasteiger partial charge is 0.410 e. The minimum Gasteiger partial charge on any atom is -0.445 e. The van der Waals surface area contributed by atoms with E-state index in [1.54, 1.807) is 0 Å². The third kappa shape index (κ3) is 5.03. The molecule has 1 atom stereocenters. The van der Waals surface area contributed by atoms with Crippen LogP contribution in [0.4, 0.5) is 10.5 Å². The summed E-state index contributed by atoms with van der Waals surface area (Å²) in [6.45, 7) is 3.92. The lowest BCUT2D eigenvalue weighted by molar-refractivity contribution is -0.111. The van der Waals surface area contributed by atoms with Crippen molar-refractivity contribution in [3.63, 3.8) is 0 Å². The van der Waals surface area contributed by atoms with Crippen molar-refractivity contribution in [2.75, 3.05) is 18.4 Å². The zero-order chi connectivity index (χ0) is 20.9. The van der Waals surface area contributed by atoms with Crippen LogP contribution in [-0.4, -0.2) is 43.7 Å². The van der Waals surface area contributed by atoms with Crippen LogP contribution in [0.1, 0.15) is 12.0 Å². The highest BCUT2D eigenvalue weighted by Gasteiger charge is 2.36. The maximum Gasteiger partial charge on any atom is 0.410 e. The van der Waals surface area contributed by atoms with Crippen LogP contribution in [0.25, 0.3) is 0 Å². The molecule has 0 spiro atoms. The maximum atomic E-state index is 12.9. The zero-order valence-electron chi connectivity index (χ0n) is 15.8. The first-order chi connectivity index (χ1) is 13.9. The molecule has 0 radical (unpaired) electrons. The summed E-state index contributed by atoms with van der Waals surface area (Å²) in [5.74, 6) is -0.374. The highest BCUT2D eigenvalue weighted by molar-refractivity contribution is 7.92. The van der Waals surface area contributed by atoms with Gasteiger partial charge in [-0.25, -0.2) is 13.2 Å². The Morgan fingerprint density at radius 1 is 1.14 bits per heavy atom. The predicted molar refractivity (Wildman–Crippen MR) is 109 cm³/mol. The molecular formula is C21H22N2O5S. The number of anilines is 1. The molecule has 0 aromatic heterocycles. The first kappa shape index (κ1) is 20.6. The van der Waals surface area contributed by atoms with Crippen LogP contribution in [0, 0.1) is 0 Å². The van der Waals surface area contributed by atoms with Gasteiger partial charge >= 0.3 is 6.09 Å². The van der Waals surface area contributed by atoms with Crippen LogP contribution in [0.3, 0.4) is 0 Å². The second-order valence-electron chi connectivity index (χ2n) is 6.66. The van der Waals surface area contributed by atoms with Crippen molar-refractivity contribution in [1.82, 2.24) is 4.90 Å². The van der Waals surface area contributed by atoms with E-state index in [0.29, 0.717) is 18.7 Å². The number of nitrogens with zero attached hydrogens (tertiary/aromatic N) is 1. The summed E-state index contributed by atoms with van der Waals surface area (Å²) in [7, 11) is -3.61. The molecular weight excluding hydrogens is 392 g/mol. The summed E-state index contributed by atoms with van der Waals surface area (Å²) in [5, 5.41) is 1.87. The van der Waals surface area contributed by atoms with Crippen LogP contribution in [0.2, 0.25) is 0 Å². The highest BCUT2D eigenvalue weighted by atomic mass is 32.2. The normalized spacial score (nSPS) is 16.3. The Bertz CT molecular complexity index is 987. The van der Waals surface area contributed by atoms with Crippen molar-refractivity contribution >= 4 is 27.5 Å². The summed E-state index contributed by atoms with van der Waals surface area (Å²) < 4.78 is 31.1. The summed E-state index contributed by atoms with van der Waals surface area (Å²) >= 11 is 0. The minimum absolute atomic E-state index is 0.0882. The molecule has 7 nitrogen and oxygen atoms in total. The summed E-state index contributed by atoms with van der Waals surface area (Å²) in [6.07, 6.45) is 0.959. The summed E-state index contributed by atoms with van der Waals surface area (Å²) in [5.41, 5.74) is 1.35. The monoisotopic (exact) mass is 414 g/mol. The summed E-state index contributed by atoms with van der Waals surface area (Å²) in [4.78, 5) is 25.2. The van der Waals surface area contributed by atoms with Crippen molar-refractivity contribution in [1.29, 1.82) is 0 Å². The average molecular weight is 414 g/mol. The second-order valence-corrected chi connectivity index (χ2v) is 8.89. The van der Waals surface area contributed by atoms with Gasteiger partial charge < -0.3 is 15.0 Å². The van der Waals surface area contributed by atoms with Gasteiger partial charge in [0.15, 0.2) is 9.84 Å². The largest absolute Gasteiger partial charge is 0.445 e. The van der Waals surface area contributed by atoms with E-state index in [4.69, 9.17) is 4.74 Å². The van der Waals surface area contributed by atoms with Gasteiger partial charge in [0.1, 0.15) is 6.61 Å². The van der Waals surface area contributed by atoms with Gasteiger partial charge in [-0.05, 0) is 42.3 Å². The lowest BCUT2D eigenvalue weighted by Gasteiger charge is -2.17. The van der Waals surface area contributed by atoms with Crippen LogP contribution >= 0.6 is 0 Å². The molecule has 2 amide bonds. The fourth-order valence-corrected chi connectivity index (χ4v) is 4.76. The van der Waals surface area contributed by atoms with E-state index in [9.17, 15) is 18.0 Å². The molecule has 0 saturated carbocycles. The highest BCUT2D eigenvalue weighted by Crippen LogP contribution is 2.25. The Labute approximate surface area is 169 Å². The molecule has 1 saturated heterocycles. The lowest BCUT2D eigenvalue weighted by Crippen LogP contribution is -2.32. The number of benzene rings is 2. The molecule has 2 aromatic carbocycles. The van der Waals surface area contributed by atoms with Gasteiger partial charge in [0.05, 0.1) is 10.1 Å². The lowest BCUT2D eigenvalue weighted by atomic mass is 10.2. The molecule has 29 heavy (non-hydrogen) atoms. The number of carbonyl (C=O) groups excluding carboxylic acids is 2. The van der Waals surface area contributed by atoms with Gasteiger partial charge in [0, 0.05) is 18.8 Å². The zero-order valence-corrected chi connectivity index (χ0v) is 16.6. The van der Waals surface area contributed by atoms with Crippen LogP contribution in [0.5, 0.6) is 0 Å². The van der Waals surface area contributed by atoms with E-state index < -0.39 is 21.2 Å². The first-order valence-corrected chi connectivity index (χ1v) is 10.7. The van der Waals surface area contributed by atoms with E-state index in [2.05, 4.69) is 11.9 Å². The predicted octanol–water partition coefficient (Wildman–Crippen LogP) is 3.00. The number of hydrogen-bond donors (Lipinski definition) is 1. The van der Waals surface area contributed by atoms with Crippen LogP contribution in [-0.2, 0) is 26.0 Å². The molecule has 3 rings (SSSR count). The van der Waals surface area contributed by atoms with Crippen LogP contribution < -0.4 is 5.32 Å². The van der Waals surface area contributed by atoms with Gasteiger partial charge in [-0.3, -0.25) is 4.79 Å². The molecule has 1 heterocycles. The van der Waals surface area contributed by atoms with E-state index >= 15 is 0 Å². The Kier molecular flexibility index (Phi) is 6.33. The third-order valence-corrected chi connectivity index (χ3v) is 6.87. The van der Waals surface area contributed by atoms with Crippen molar-refractivity contribution < 1.29 is 22.7 Å². The molecule has 152 valence electrons. The summed E-state index contributed by atoms with van der Waals surface area (Å²) in [6, 6.07) is 15.2. The molecule has 1 aliphatic heterocycles. The standard InChI is InChI=1S/C21H22N2O5S/c1-2-20(24)22-17-8-10-18(11-9-17)29(26,27)19-12-13-23(14-19)21(25)28-15-16-6-4-3-5-7-16/h2-11,19H,1,12-15H2,(H,22,24). The molecule has 1 fully saturated rings. The van der Waals surface area contributed by atoms with Gasteiger partial charge in [-0.15, -0.1) is 0 Å². The van der Waals surface area contributed by atoms with Gasteiger partial charge in [-0.1, -0.05) is 36.9 Å². The van der Waals surface area contributed by atoms with E-state index in [1.807, 2.05) is 30.3 Å². The Morgan fingerprint density at radius 2 is 1.83 bits per heavy atom. The molecule has 1 N–H and O–H groups in total. The van der Waals surface area contributed by atoms with Crippen molar-refractivity contribution in [2.45, 2.75) is 23.2 Å². The molecule has 1 aliphatic rings. The van der Waals surface area contributed by atoms with E-state index in [-0.39, 0.29) is 24.0 Å². The number of carbonyl (C=O) groups is 2. The second kappa shape index (κ2) is 8.91. The van der Waals surface area contributed by atoms with E-state index in [0.717, 1.165) is 11.6 Å². The van der Waals surface area contributed by atoms with Gasteiger partial charge in [-0.2, -0.15) is 0 Å². The molecule has 0 aliphatic carbocycles. The fraction of sp³-hybridized carbons (Fsp3) is 0.238. The third-order valence-electron chi connectivity index (χ3n) is 4.68. The Hall–Kier alpha value is -3.13. The van der Waals surface area contributed by atoms with Gasteiger partial charge in [0.2, 0.25) is 5.91 Å². The van der Waals surface area contributed by atoms with Crippen molar-refractivity contribution in [3.8, 4) is 0 Å². The molecule has 8 heteroatoms. The van der Waals surface area contributed by atoms with Crippen molar-refractivity contribution in [2.24, 2.45) is 0 Å².